The highest BCUT2D eigenvalue weighted by Gasteiger charge is 2.37. The maximum atomic E-state index is 12.9. The second-order valence-corrected chi connectivity index (χ2v) is 7.76. The second-order valence-electron chi connectivity index (χ2n) is 5.90. The van der Waals surface area contributed by atoms with Gasteiger partial charge in [0.1, 0.15) is 5.75 Å². The Bertz CT molecular complexity index is 686. The van der Waals surface area contributed by atoms with Gasteiger partial charge in [-0.25, -0.2) is 8.42 Å². The number of ether oxygens (including phenoxy) is 1. The number of carboxylic acids is 1. The van der Waals surface area contributed by atoms with Crippen LogP contribution in [0.4, 0.5) is 0 Å². The highest BCUT2D eigenvalue weighted by molar-refractivity contribution is 7.89. The first-order chi connectivity index (χ1) is 10.8. The van der Waals surface area contributed by atoms with Gasteiger partial charge in [0.25, 0.3) is 0 Å². The number of nitrogens with zero attached hydrogens (tertiary/aromatic N) is 1. The number of rotatable bonds is 5. The molecule has 0 bridgehead atoms. The van der Waals surface area contributed by atoms with Gasteiger partial charge in [-0.05, 0) is 57.4 Å². The van der Waals surface area contributed by atoms with Crippen LogP contribution in [-0.2, 0) is 14.8 Å². The minimum Gasteiger partial charge on any atom is -0.494 e. The standard InChI is InChI=1S/C16H23NO5S/c1-4-22-14-7-8-15(11(2)9-14)23(20,21)17-10-13(16(18)19)6-5-12(17)3/h7-9,12-13H,4-6,10H2,1-3H3,(H,18,19)/t12-,13+/m0/s1. The molecular formula is C16H23NO5S. The van der Waals surface area contributed by atoms with E-state index in [-0.39, 0.29) is 17.5 Å². The van der Waals surface area contributed by atoms with E-state index in [9.17, 15) is 18.3 Å². The van der Waals surface area contributed by atoms with Crippen LogP contribution < -0.4 is 4.74 Å². The summed E-state index contributed by atoms with van der Waals surface area (Å²) in [6.45, 7) is 5.93. The van der Waals surface area contributed by atoms with Crippen LogP contribution in [0.2, 0.25) is 0 Å². The molecule has 23 heavy (non-hydrogen) atoms. The van der Waals surface area contributed by atoms with Crippen LogP contribution in [-0.4, -0.2) is 43.0 Å². The maximum absolute atomic E-state index is 12.9. The van der Waals surface area contributed by atoms with Crippen molar-refractivity contribution in [1.82, 2.24) is 4.31 Å². The van der Waals surface area contributed by atoms with E-state index in [4.69, 9.17) is 4.74 Å². The molecule has 2 atom stereocenters. The van der Waals surface area contributed by atoms with Crippen molar-refractivity contribution in [2.75, 3.05) is 13.2 Å². The largest absolute Gasteiger partial charge is 0.494 e. The predicted octanol–water partition coefficient (Wildman–Crippen LogP) is 2.27. The Morgan fingerprint density at radius 2 is 2.09 bits per heavy atom. The summed E-state index contributed by atoms with van der Waals surface area (Å²) in [7, 11) is -3.73. The summed E-state index contributed by atoms with van der Waals surface area (Å²) in [6, 6.07) is 4.65. The molecule has 0 amide bonds. The second kappa shape index (κ2) is 6.88. The van der Waals surface area contributed by atoms with Crippen LogP contribution in [0.3, 0.4) is 0 Å². The van der Waals surface area contributed by atoms with Gasteiger partial charge in [-0.1, -0.05) is 0 Å². The molecule has 1 aliphatic rings. The van der Waals surface area contributed by atoms with Crippen molar-refractivity contribution in [2.24, 2.45) is 5.92 Å². The predicted molar refractivity (Wildman–Crippen MR) is 86.1 cm³/mol. The van der Waals surface area contributed by atoms with E-state index in [1.165, 1.54) is 10.4 Å². The van der Waals surface area contributed by atoms with E-state index < -0.39 is 21.9 Å². The Morgan fingerprint density at radius 3 is 2.65 bits per heavy atom. The number of carbonyl (C=O) groups is 1. The lowest BCUT2D eigenvalue weighted by Crippen LogP contribution is -2.47. The van der Waals surface area contributed by atoms with Gasteiger partial charge in [0, 0.05) is 12.6 Å². The molecule has 0 radical (unpaired) electrons. The summed E-state index contributed by atoms with van der Waals surface area (Å²) >= 11 is 0. The van der Waals surface area contributed by atoms with Crippen molar-refractivity contribution < 1.29 is 23.1 Å². The number of aryl methyl sites for hydroxylation is 1. The summed E-state index contributed by atoms with van der Waals surface area (Å²) in [5.41, 5.74) is 0.598. The van der Waals surface area contributed by atoms with E-state index in [2.05, 4.69) is 0 Å². The third-order valence-electron chi connectivity index (χ3n) is 4.22. The van der Waals surface area contributed by atoms with Gasteiger partial charge in [-0.2, -0.15) is 4.31 Å². The topological polar surface area (TPSA) is 83.9 Å². The molecule has 0 saturated carbocycles. The first kappa shape index (κ1) is 17.7. The average molecular weight is 341 g/mol. The summed E-state index contributed by atoms with van der Waals surface area (Å²) in [4.78, 5) is 11.4. The molecule has 0 aliphatic carbocycles. The number of hydrogen-bond donors (Lipinski definition) is 1. The monoisotopic (exact) mass is 341 g/mol. The van der Waals surface area contributed by atoms with Gasteiger partial charge in [-0.3, -0.25) is 4.79 Å². The molecule has 1 aromatic carbocycles. The van der Waals surface area contributed by atoms with Crippen LogP contribution in [0.25, 0.3) is 0 Å². The lowest BCUT2D eigenvalue weighted by Gasteiger charge is -2.35. The molecule has 7 heteroatoms. The molecule has 1 aromatic rings. The number of carboxylic acid groups (broad SMARTS) is 1. The van der Waals surface area contributed by atoms with E-state index in [0.717, 1.165) is 0 Å². The SMILES string of the molecule is CCOc1ccc(S(=O)(=O)N2C[C@H](C(=O)O)CC[C@@H]2C)c(C)c1. The Hall–Kier alpha value is -1.60. The number of aliphatic carboxylic acids is 1. The van der Waals surface area contributed by atoms with Gasteiger partial charge < -0.3 is 9.84 Å². The zero-order chi connectivity index (χ0) is 17.2. The first-order valence-electron chi connectivity index (χ1n) is 7.75. The summed E-state index contributed by atoms with van der Waals surface area (Å²) in [6.07, 6.45) is 1.05. The minimum absolute atomic E-state index is 0.0193. The van der Waals surface area contributed by atoms with E-state index >= 15 is 0 Å². The normalized spacial score (nSPS) is 22.7. The summed E-state index contributed by atoms with van der Waals surface area (Å²) in [5, 5.41) is 9.19. The van der Waals surface area contributed by atoms with Crippen molar-refractivity contribution in [2.45, 2.75) is 44.6 Å². The third-order valence-corrected chi connectivity index (χ3v) is 6.36. The quantitative estimate of drug-likeness (QED) is 0.888. The van der Waals surface area contributed by atoms with Crippen LogP contribution in [0.1, 0.15) is 32.3 Å². The van der Waals surface area contributed by atoms with Gasteiger partial charge in [0.05, 0.1) is 17.4 Å². The molecule has 6 nitrogen and oxygen atoms in total. The van der Waals surface area contributed by atoms with E-state index in [1.54, 1.807) is 19.1 Å². The van der Waals surface area contributed by atoms with Crippen LogP contribution in [0.15, 0.2) is 23.1 Å². The Balaban J connectivity index is 2.35. The van der Waals surface area contributed by atoms with Crippen molar-refractivity contribution >= 4 is 16.0 Å². The zero-order valence-corrected chi connectivity index (χ0v) is 14.5. The highest BCUT2D eigenvalue weighted by Crippen LogP contribution is 2.30. The number of piperidine rings is 1. The molecule has 1 fully saturated rings. The molecule has 0 spiro atoms. The molecule has 128 valence electrons. The van der Waals surface area contributed by atoms with Crippen molar-refractivity contribution in [3.8, 4) is 5.75 Å². The molecule has 1 N–H and O–H groups in total. The molecule has 0 unspecified atom stereocenters. The molecule has 0 aromatic heterocycles. The minimum atomic E-state index is -3.73. The molecule has 2 rings (SSSR count). The summed E-state index contributed by atoms with van der Waals surface area (Å²) in [5.74, 6) is -0.969. The smallest absolute Gasteiger partial charge is 0.307 e. The van der Waals surface area contributed by atoms with Gasteiger partial charge in [0.2, 0.25) is 10.0 Å². The van der Waals surface area contributed by atoms with E-state index in [0.29, 0.717) is 30.8 Å². The maximum Gasteiger partial charge on any atom is 0.307 e. The fraction of sp³-hybridized carbons (Fsp3) is 0.562. The fourth-order valence-electron chi connectivity index (χ4n) is 2.91. The molecule has 1 heterocycles. The van der Waals surface area contributed by atoms with Crippen LogP contribution >= 0.6 is 0 Å². The van der Waals surface area contributed by atoms with Gasteiger partial charge in [0.15, 0.2) is 0 Å². The van der Waals surface area contributed by atoms with Gasteiger partial charge in [-0.15, -0.1) is 0 Å². The van der Waals surface area contributed by atoms with E-state index in [1.807, 2.05) is 13.8 Å². The first-order valence-corrected chi connectivity index (χ1v) is 9.19. The van der Waals surface area contributed by atoms with Crippen LogP contribution in [0.5, 0.6) is 5.75 Å². The number of sulfonamides is 1. The zero-order valence-electron chi connectivity index (χ0n) is 13.7. The number of hydrogen-bond acceptors (Lipinski definition) is 4. The Labute approximate surface area is 137 Å². The Morgan fingerprint density at radius 1 is 1.39 bits per heavy atom. The Kier molecular flexibility index (Phi) is 5.31. The average Bonchev–Trinajstić information content (AvgIpc) is 2.47. The summed E-state index contributed by atoms with van der Waals surface area (Å²) < 4.78 is 32.6. The lowest BCUT2D eigenvalue weighted by atomic mass is 9.96. The lowest BCUT2D eigenvalue weighted by molar-refractivity contribution is -0.143. The fourth-order valence-corrected chi connectivity index (χ4v) is 4.82. The van der Waals surface area contributed by atoms with Crippen LogP contribution in [0, 0.1) is 12.8 Å². The molecule has 1 aliphatic heterocycles. The molecule has 1 saturated heterocycles. The highest BCUT2D eigenvalue weighted by atomic mass is 32.2. The van der Waals surface area contributed by atoms with Crippen molar-refractivity contribution in [3.05, 3.63) is 23.8 Å². The van der Waals surface area contributed by atoms with Crippen molar-refractivity contribution in [3.63, 3.8) is 0 Å². The van der Waals surface area contributed by atoms with Gasteiger partial charge >= 0.3 is 5.97 Å². The number of benzene rings is 1. The molecular weight excluding hydrogens is 318 g/mol. The van der Waals surface area contributed by atoms with Crippen molar-refractivity contribution in [1.29, 1.82) is 0 Å². The third kappa shape index (κ3) is 3.67.